The van der Waals surface area contributed by atoms with Gasteiger partial charge in [0.05, 0.1) is 0 Å². The van der Waals surface area contributed by atoms with E-state index in [1.165, 1.54) is 4.90 Å². The minimum Gasteiger partial charge on any atom is -0.443 e. The lowest BCUT2D eigenvalue weighted by Gasteiger charge is -2.20. The van der Waals surface area contributed by atoms with Gasteiger partial charge >= 0.3 is 5.97 Å². The number of hydrogen-bond donors (Lipinski definition) is 1. The summed E-state index contributed by atoms with van der Waals surface area (Å²) >= 11 is 0. The van der Waals surface area contributed by atoms with Gasteiger partial charge in [0.1, 0.15) is 5.69 Å². The number of nitrogens with zero attached hydrogens (tertiary/aromatic N) is 1. The van der Waals surface area contributed by atoms with Crippen LogP contribution in [0.3, 0.4) is 0 Å². The van der Waals surface area contributed by atoms with E-state index < -0.39 is 12.1 Å². The topological polar surface area (TPSA) is 62.4 Å². The number of aromatic nitrogens is 1. The van der Waals surface area contributed by atoms with E-state index in [0.717, 1.165) is 10.9 Å². The van der Waals surface area contributed by atoms with Crippen LogP contribution in [-0.2, 0) is 9.53 Å². The van der Waals surface area contributed by atoms with Gasteiger partial charge in [-0.2, -0.15) is 0 Å². The first-order chi connectivity index (χ1) is 11.6. The van der Waals surface area contributed by atoms with Crippen molar-refractivity contribution in [2.45, 2.75) is 6.10 Å². The summed E-state index contributed by atoms with van der Waals surface area (Å²) in [7, 11) is 3.27. The molecular weight excluding hydrogens is 304 g/mol. The number of benzene rings is 2. The Morgan fingerprint density at radius 3 is 2.33 bits per heavy atom. The average molecular weight is 322 g/mol. The lowest BCUT2D eigenvalue weighted by molar-refractivity contribution is -0.138. The third-order valence-electron chi connectivity index (χ3n) is 3.74. The van der Waals surface area contributed by atoms with E-state index in [2.05, 4.69) is 4.98 Å². The quantitative estimate of drug-likeness (QED) is 0.751. The molecule has 0 bridgehead atoms. The number of fused-ring (bicyclic) bond motifs is 1. The molecule has 0 aliphatic carbocycles. The molecule has 1 atom stereocenters. The van der Waals surface area contributed by atoms with Gasteiger partial charge in [-0.15, -0.1) is 0 Å². The molecule has 0 aliphatic rings. The van der Waals surface area contributed by atoms with E-state index in [1.807, 2.05) is 42.5 Å². The fourth-order valence-corrected chi connectivity index (χ4v) is 2.48. The summed E-state index contributed by atoms with van der Waals surface area (Å²) in [4.78, 5) is 29.4. The average Bonchev–Trinajstić information content (AvgIpc) is 3.04. The Labute approximate surface area is 139 Å². The first-order valence-corrected chi connectivity index (χ1v) is 7.61. The van der Waals surface area contributed by atoms with E-state index in [9.17, 15) is 9.59 Å². The molecule has 5 heteroatoms. The van der Waals surface area contributed by atoms with Crippen molar-refractivity contribution in [1.82, 2.24) is 9.88 Å². The predicted molar refractivity (Wildman–Crippen MR) is 91.6 cm³/mol. The summed E-state index contributed by atoms with van der Waals surface area (Å²) in [5, 5.41) is 0.916. The molecule has 1 amide bonds. The summed E-state index contributed by atoms with van der Waals surface area (Å²) < 4.78 is 5.51. The maximum atomic E-state index is 12.5. The Bertz CT molecular complexity index is 835. The van der Waals surface area contributed by atoms with Gasteiger partial charge in [0.15, 0.2) is 0 Å². The van der Waals surface area contributed by atoms with Crippen LogP contribution in [0.4, 0.5) is 0 Å². The number of para-hydroxylation sites is 1. The van der Waals surface area contributed by atoms with Gasteiger partial charge in [-0.05, 0) is 12.1 Å². The number of nitrogens with one attached hydrogen (secondary N) is 1. The minimum atomic E-state index is -0.972. The van der Waals surface area contributed by atoms with Crippen molar-refractivity contribution in [3.8, 4) is 0 Å². The third-order valence-corrected chi connectivity index (χ3v) is 3.74. The van der Waals surface area contributed by atoms with Crippen molar-refractivity contribution in [2.24, 2.45) is 0 Å². The van der Waals surface area contributed by atoms with Gasteiger partial charge in [-0.1, -0.05) is 48.5 Å². The highest BCUT2D eigenvalue weighted by molar-refractivity contribution is 5.96. The van der Waals surface area contributed by atoms with Crippen molar-refractivity contribution in [2.75, 3.05) is 14.1 Å². The van der Waals surface area contributed by atoms with Gasteiger partial charge in [0.2, 0.25) is 6.10 Å². The number of likely N-dealkylation sites (N-methyl/N-ethyl adjacent to an activating group) is 1. The smallest absolute Gasteiger partial charge is 0.355 e. The predicted octanol–water partition coefficient (Wildman–Crippen LogP) is 3.15. The third kappa shape index (κ3) is 3.15. The SMILES string of the molecule is CN(C)C(=O)[C@@H](OC(=O)c1cc2ccccc2[nH]1)c1ccccc1. The van der Waals surface area contributed by atoms with Crippen LogP contribution in [0.2, 0.25) is 0 Å². The van der Waals surface area contributed by atoms with E-state index >= 15 is 0 Å². The second kappa shape index (κ2) is 6.58. The molecule has 1 N–H and O–H groups in total. The number of aromatic amines is 1. The zero-order valence-corrected chi connectivity index (χ0v) is 13.5. The van der Waals surface area contributed by atoms with Crippen LogP contribution < -0.4 is 0 Å². The molecule has 3 aromatic rings. The van der Waals surface area contributed by atoms with Crippen LogP contribution in [0.15, 0.2) is 60.7 Å². The van der Waals surface area contributed by atoms with E-state index in [1.54, 1.807) is 32.3 Å². The number of hydrogen-bond acceptors (Lipinski definition) is 3. The molecule has 0 unspecified atom stereocenters. The highest BCUT2D eigenvalue weighted by atomic mass is 16.5. The molecule has 5 nitrogen and oxygen atoms in total. The molecule has 1 heterocycles. The first-order valence-electron chi connectivity index (χ1n) is 7.61. The zero-order chi connectivity index (χ0) is 17.1. The molecule has 0 saturated heterocycles. The second-order valence-corrected chi connectivity index (χ2v) is 5.70. The fraction of sp³-hybridized carbons (Fsp3) is 0.158. The molecule has 0 spiro atoms. The van der Waals surface area contributed by atoms with Gasteiger partial charge in [0, 0.05) is 30.6 Å². The van der Waals surface area contributed by atoms with Crippen molar-refractivity contribution in [3.63, 3.8) is 0 Å². The number of amides is 1. The van der Waals surface area contributed by atoms with E-state index in [-0.39, 0.29) is 5.91 Å². The maximum Gasteiger partial charge on any atom is 0.355 e. The maximum absolute atomic E-state index is 12.5. The van der Waals surface area contributed by atoms with Crippen molar-refractivity contribution < 1.29 is 14.3 Å². The number of esters is 1. The number of H-pyrrole nitrogens is 1. The highest BCUT2D eigenvalue weighted by Gasteiger charge is 2.27. The number of carbonyl (C=O) groups is 2. The molecule has 0 fully saturated rings. The molecular formula is C19H18N2O3. The van der Waals surface area contributed by atoms with Crippen LogP contribution in [0, 0.1) is 0 Å². The Balaban J connectivity index is 1.89. The standard InChI is InChI=1S/C19H18N2O3/c1-21(2)18(22)17(13-8-4-3-5-9-13)24-19(23)16-12-14-10-6-7-11-15(14)20-16/h3-12,17,20H,1-2H3/t17-/m0/s1. The Hall–Kier alpha value is -3.08. The second-order valence-electron chi connectivity index (χ2n) is 5.70. The summed E-state index contributed by atoms with van der Waals surface area (Å²) in [5.74, 6) is -0.846. The van der Waals surface area contributed by atoms with Crippen LogP contribution >= 0.6 is 0 Å². The first kappa shape index (κ1) is 15.8. The van der Waals surface area contributed by atoms with Crippen LogP contribution in [0.1, 0.15) is 22.2 Å². The van der Waals surface area contributed by atoms with E-state index in [4.69, 9.17) is 4.74 Å². The lowest BCUT2D eigenvalue weighted by atomic mass is 10.1. The summed E-state index contributed by atoms with van der Waals surface area (Å²) in [6.07, 6.45) is -0.972. The van der Waals surface area contributed by atoms with Gasteiger partial charge < -0.3 is 14.6 Å². The van der Waals surface area contributed by atoms with Gasteiger partial charge in [0.25, 0.3) is 5.91 Å². The lowest BCUT2D eigenvalue weighted by Crippen LogP contribution is -2.31. The van der Waals surface area contributed by atoms with Gasteiger partial charge in [-0.3, -0.25) is 4.79 Å². The molecule has 3 rings (SSSR count). The Morgan fingerprint density at radius 1 is 1.00 bits per heavy atom. The minimum absolute atomic E-state index is 0.286. The van der Waals surface area contributed by atoms with Gasteiger partial charge in [-0.25, -0.2) is 4.79 Å². The molecule has 1 aromatic heterocycles. The molecule has 0 saturated carbocycles. The number of rotatable bonds is 4. The van der Waals surface area contributed by atoms with Crippen LogP contribution in [0.25, 0.3) is 10.9 Å². The largest absolute Gasteiger partial charge is 0.443 e. The monoisotopic (exact) mass is 322 g/mol. The summed E-state index contributed by atoms with van der Waals surface area (Å²) in [6, 6.07) is 18.3. The van der Waals surface area contributed by atoms with Crippen molar-refractivity contribution in [1.29, 1.82) is 0 Å². The molecule has 0 radical (unpaired) electrons. The Morgan fingerprint density at radius 2 is 1.67 bits per heavy atom. The molecule has 0 aliphatic heterocycles. The normalized spacial score (nSPS) is 11.9. The molecule has 122 valence electrons. The zero-order valence-electron chi connectivity index (χ0n) is 13.5. The summed E-state index contributed by atoms with van der Waals surface area (Å²) in [5.41, 5.74) is 1.81. The van der Waals surface area contributed by atoms with Crippen LogP contribution in [0.5, 0.6) is 0 Å². The molecule has 2 aromatic carbocycles. The fourth-order valence-electron chi connectivity index (χ4n) is 2.48. The van der Waals surface area contributed by atoms with Crippen molar-refractivity contribution >= 4 is 22.8 Å². The summed E-state index contributed by atoms with van der Waals surface area (Å²) in [6.45, 7) is 0. The van der Waals surface area contributed by atoms with E-state index in [0.29, 0.717) is 11.3 Å². The molecule has 24 heavy (non-hydrogen) atoms. The van der Waals surface area contributed by atoms with Crippen molar-refractivity contribution in [3.05, 3.63) is 71.9 Å². The Kier molecular flexibility index (Phi) is 4.33. The van der Waals surface area contributed by atoms with Crippen LogP contribution in [-0.4, -0.2) is 35.9 Å². The number of carbonyl (C=O) groups excluding carboxylic acids is 2. The number of ether oxygens (including phenoxy) is 1. The highest BCUT2D eigenvalue weighted by Crippen LogP contribution is 2.22.